The van der Waals surface area contributed by atoms with Crippen LogP contribution in [0.3, 0.4) is 0 Å². The van der Waals surface area contributed by atoms with Gasteiger partial charge in [0.15, 0.2) is 0 Å². The summed E-state index contributed by atoms with van der Waals surface area (Å²) in [6.07, 6.45) is 2.82. The Morgan fingerprint density at radius 3 is 2.47 bits per heavy atom. The number of phenolic OH excluding ortho intramolecular Hbond substituents is 1. The number of benzene rings is 3. The van der Waals surface area contributed by atoms with Crippen LogP contribution in [-0.4, -0.2) is 44.9 Å². The van der Waals surface area contributed by atoms with Gasteiger partial charge in [0.2, 0.25) is 0 Å². The molecule has 3 aromatic carbocycles. The molecule has 172 valence electrons. The molecule has 1 saturated heterocycles. The number of rotatable bonds is 3. The van der Waals surface area contributed by atoms with Gasteiger partial charge in [0.05, 0.1) is 11.1 Å². The average Bonchev–Trinajstić information content (AvgIpc) is 3.48. The number of hydrogen-bond donors (Lipinski definition) is 3. The van der Waals surface area contributed by atoms with E-state index in [0.29, 0.717) is 30.3 Å². The molecule has 8 heteroatoms. The highest BCUT2D eigenvalue weighted by Crippen LogP contribution is 2.31. The molecular weight excluding hydrogens is 432 g/mol. The number of phenols is 1. The van der Waals surface area contributed by atoms with Crippen LogP contribution in [0.1, 0.15) is 33.6 Å². The van der Waals surface area contributed by atoms with Crippen molar-refractivity contribution in [1.82, 2.24) is 20.3 Å². The summed E-state index contributed by atoms with van der Waals surface area (Å²) in [6.45, 7) is 0.389. The number of carbonyl (C=O) groups excluding carboxylic acids is 3. The lowest BCUT2D eigenvalue weighted by molar-refractivity contribution is -0.125. The van der Waals surface area contributed by atoms with Gasteiger partial charge in [-0.2, -0.15) is 0 Å². The van der Waals surface area contributed by atoms with E-state index in [1.165, 1.54) is 4.90 Å². The van der Waals surface area contributed by atoms with Gasteiger partial charge in [-0.15, -0.1) is 0 Å². The van der Waals surface area contributed by atoms with E-state index < -0.39 is 23.8 Å². The first-order valence-electron chi connectivity index (χ1n) is 11.1. The van der Waals surface area contributed by atoms with Gasteiger partial charge >= 0.3 is 0 Å². The number of nitrogens with one attached hydrogen (secondary N) is 2. The van der Waals surface area contributed by atoms with Crippen LogP contribution in [-0.2, 0) is 11.8 Å². The van der Waals surface area contributed by atoms with Crippen LogP contribution in [0.5, 0.6) is 5.75 Å². The quantitative estimate of drug-likeness (QED) is 0.412. The van der Waals surface area contributed by atoms with E-state index in [1.54, 1.807) is 30.5 Å². The first kappa shape index (κ1) is 21.5. The van der Waals surface area contributed by atoms with Gasteiger partial charge < -0.3 is 14.6 Å². The molecule has 0 spiro atoms. The maximum atomic E-state index is 13.2. The molecule has 1 atom stereocenters. The molecule has 0 saturated carbocycles. The SMILES string of the molecule is Cn1cc(C(=O)NNC(=O)C2CCCN2C(=O)c2ccc3ccccc3c2O)c2ccccc21. The Balaban J connectivity index is 1.31. The predicted octanol–water partition coefficient (Wildman–Crippen LogP) is 3.10. The predicted molar refractivity (Wildman–Crippen MR) is 128 cm³/mol. The minimum Gasteiger partial charge on any atom is -0.506 e. The van der Waals surface area contributed by atoms with Crippen LogP contribution in [0.15, 0.2) is 66.9 Å². The minimum absolute atomic E-state index is 0.0987. The van der Waals surface area contributed by atoms with E-state index in [0.717, 1.165) is 16.3 Å². The van der Waals surface area contributed by atoms with Gasteiger partial charge in [-0.1, -0.05) is 48.5 Å². The molecule has 1 aromatic heterocycles. The summed E-state index contributed by atoms with van der Waals surface area (Å²) in [4.78, 5) is 40.3. The zero-order valence-corrected chi connectivity index (χ0v) is 18.6. The van der Waals surface area contributed by atoms with Gasteiger partial charge in [0.25, 0.3) is 17.7 Å². The molecule has 0 aliphatic carbocycles. The van der Waals surface area contributed by atoms with Crippen molar-refractivity contribution in [2.45, 2.75) is 18.9 Å². The van der Waals surface area contributed by atoms with E-state index in [1.807, 2.05) is 48.0 Å². The molecule has 1 aliphatic rings. The molecule has 4 aromatic rings. The minimum atomic E-state index is -0.744. The standard InChI is InChI=1S/C26H24N4O4/c1-29-15-20(18-9-4-5-10-21(18)29)24(32)27-28-25(33)22-11-6-14-30(22)26(34)19-13-12-16-7-2-3-8-17(16)23(19)31/h2-5,7-10,12-13,15,22,31H,6,11,14H2,1H3,(H,27,32)(H,28,33). The number of aromatic nitrogens is 1. The van der Waals surface area contributed by atoms with Crippen LogP contribution >= 0.6 is 0 Å². The lowest BCUT2D eigenvalue weighted by Crippen LogP contribution is -2.51. The number of aromatic hydroxyl groups is 1. The van der Waals surface area contributed by atoms with Crippen LogP contribution in [0.25, 0.3) is 21.7 Å². The maximum absolute atomic E-state index is 13.2. The Morgan fingerprint density at radius 2 is 1.65 bits per heavy atom. The summed E-state index contributed by atoms with van der Waals surface area (Å²) in [5.41, 5.74) is 6.45. The molecule has 0 radical (unpaired) electrons. The molecule has 2 heterocycles. The van der Waals surface area contributed by atoms with Gasteiger partial charge in [-0.05, 0) is 30.4 Å². The fourth-order valence-electron chi connectivity index (χ4n) is 4.66. The van der Waals surface area contributed by atoms with E-state index in [2.05, 4.69) is 10.9 Å². The van der Waals surface area contributed by atoms with Gasteiger partial charge in [0, 0.05) is 36.1 Å². The van der Waals surface area contributed by atoms with Crippen LogP contribution in [0.4, 0.5) is 0 Å². The summed E-state index contributed by atoms with van der Waals surface area (Å²) in [6, 6.07) is 17.4. The van der Waals surface area contributed by atoms with Crippen molar-refractivity contribution in [3.63, 3.8) is 0 Å². The normalized spacial score (nSPS) is 15.6. The second-order valence-electron chi connectivity index (χ2n) is 8.45. The number of carbonyl (C=O) groups is 3. The number of aryl methyl sites for hydroxylation is 1. The van der Waals surface area contributed by atoms with Crippen molar-refractivity contribution in [2.75, 3.05) is 6.54 Å². The van der Waals surface area contributed by atoms with Gasteiger partial charge in [0.1, 0.15) is 11.8 Å². The number of nitrogens with zero attached hydrogens (tertiary/aromatic N) is 2. The number of hydrogen-bond acceptors (Lipinski definition) is 4. The average molecular weight is 457 g/mol. The molecule has 5 rings (SSSR count). The molecule has 0 bridgehead atoms. The Morgan fingerprint density at radius 1 is 0.912 bits per heavy atom. The van der Waals surface area contributed by atoms with Gasteiger partial charge in [-0.3, -0.25) is 25.2 Å². The summed E-state index contributed by atoms with van der Waals surface area (Å²) < 4.78 is 1.85. The van der Waals surface area contributed by atoms with Crippen molar-refractivity contribution in [1.29, 1.82) is 0 Å². The highest BCUT2D eigenvalue weighted by molar-refractivity contribution is 6.08. The number of fused-ring (bicyclic) bond motifs is 2. The molecule has 1 unspecified atom stereocenters. The Bertz CT molecular complexity index is 1440. The zero-order chi connectivity index (χ0) is 23.8. The van der Waals surface area contributed by atoms with Crippen LogP contribution in [0, 0.1) is 0 Å². The second-order valence-corrected chi connectivity index (χ2v) is 8.45. The van der Waals surface area contributed by atoms with E-state index in [4.69, 9.17) is 0 Å². The van der Waals surface area contributed by atoms with Crippen molar-refractivity contribution in [2.24, 2.45) is 7.05 Å². The van der Waals surface area contributed by atoms with Crippen molar-refractivity contribution >= 4 is 39.4 Å². The van der Waals surface area contributed by atoms with Gasteiger partial charge in [-0.25, -0.2) is 0 Å². The molecular formula is C26H24N4O4. The largest absolute Gasteiger partial charge is 0.506 e. The van der Waals surface area contributed by atoms with E-state index in [9.17, 15) is 19.5 Å². The molecule has 34 heavy (non-hydrogen) atoms. The fourth-order valence-corrected chi connectivity index (χ4v) is 4.66. The van der Waals surface area contributed by atoms with E-state index >= 15 is 0 Å². The summed E-state index contributed by atoms with van der Waals surface area (Å²) >= 11 is 0. The summed E-state index contributed by atoms with van der Waals surface area (Å²) in [7, 11) is 1.85. The topological polar surface area (TPSA) is 104 Å². The molecule has 1 aliphatic heterocycles. The Labute approximate surface area is 195 Å². The first-order chi connectivity index (χ1) is 16.5. The molecule has 3 N–H and O–H groups in total. The van der Waals surface area contributed by atoms with E-state index in [-0.39, 0.29) is 11.3 Å². The number of amides is 3. The molecule has 3 amide bonds. The fraction of sp³-hybridized carbons (Fsp3) is 0.192. The van der Waals surface area contributed by atoms with Crippen LogP contribution in [0.2, 0.25) is 0 Å². The van der Waals surface area contributed by atoms with Crippen molar-refractivity contribution in [3.05, 3.63) is 78.0 Å². The number of hydrazine groups is 1. The Hall–Kier alpha value is -4.33. The summed E-state index contributed by atoms with van der Waals surface area (Å²) in [5, 5.41) is 12.9. The third kappa shape index (κ3) is 3.63. The third-order valence-electron chi connectivity index (χ3n) is 6.39. The van der Waals surface area contributed by atoms with Crippen LogP contribution < -0.4 is 10.9 Å². The maximum Gasteiger partial charge on any atom is 0.271 e. The van der Waals surface area contributed by atoms with Crippen molar-refractivity contribution < 1.29 is 19.5 Å². The Kier molecular flexibility index (Phi) is 5.41. The lowest BCUT2D eigenvalue weighted by Gasteiger charge is -2.24. The lowest BCUT2D eigenvalue weighted by atomic mass is 10.0. The highest BCUT2D eigenvalue weighted by Gasteiger charge is 2.36. The number of para-hydroxylation sites is 1. The first-order valence-corrected chi connectivity index (χ1v) is 11.1. The monoisotopic (exact) mass is 456 g/mol. The molecule has 8 nitrogen and oxygen atoms in total. The smallest absolute Gasteiger partial charge is 0.271 e. The highest BCUT2D eigenvalue weighted by atomic mass is 16.3. The van der Waals surface area contributed by atoms with Crippen molar-refractivity contribution in [3.8, 4) is 5.75 Å². The second kappa shape index (κ2) is 8.55. The number of likely N-dealkylation sites (tertiary alicyclic amines) is 1. The third-order valence-corrected chi connectivity index (χ3v) is 6.39. The zero-order valence-electron chi connectivity index (χ0n) is 18.6. The summed E-state index contributed by atoms with van der Waals surface area (Å²) in [5.74, 6) is -1.42. The molecule has 1 fully saturated rings.